The monoisotopic (exact) mass is 396 g/mol. The molecule has 4 rings (SSSR count). The zero-order valence-electron chi connectivity index (χ0n) is 17.3. The second-order valence-corrected chi connectivity index (χ2v) is 8.84. The van der Waals surface area contributed by atoms with Gasteiger partial charge in [0, 0.05) is 17.7 Å². The quantitative estimate of drug-likeness (QED) is 0.678. The minimum absolute atomic E-state index is 0.00980. The Labute approximate surface area is 170 Å². The number of carbonyl (C=O) groups excluding carboxylic acids is 1. The second kappa shape index (κ2) is 7.93. The first-order valence-corrected chi connectivity index (χ1v) is 10.4. The van der Waals surface area contributed by atoms with Crippen molar-refractivity contribution in [2.75, 3.05) is 0 Å². The Morgan fingerprint density at radius 2 is 1.97 bits per heavy atom. The lowest BCUT2D eigenvalue weighted by atomic mass is 9.96. The van der Waals surface area contributed by atoms with Gasteiger partial charge in [0.15, 0.2) is 11.5 Å². The normalized spacial score (nSPS) is 16.1. The summed E-state index contributed by atoms with van der Waals surface area (Å²) in [6, 6.07) is 4.02. The molecule has 0 aliphatic heterocycles. The molecule has 1 saturated carbocycles. The molecule has 0 aromatic carbocycles. The SMILES string of the molecule is CC(C)(C)c1noc(-c2cccn3c(CC(=O)NC4CCCCCC4)nnc23)n1. The standard InChI is InChI=1S/C21H28N6O2/c1-21(2,3)20-23-19(29-26-20)15-11-8-12-27-16(24-25-18(15)27)13-17(28)22-14-9-6-4-5-7-10-14/h8,11-12,14H,4-7,9-10,13H2,1-3H3,(H,22,28). The molecule has 154 valence electrons. The number of nitrogens with one attached hydrogen (secondary N) is 1. The molecule has 8 heteroatoms. The van der Waals surface area contributed by atoms with Gasteiger partial charge in [-0.3, -0.25) is 9.20 Å². The van der Waals surface area contributed by atoms with E-state index in [1.165, 1.54) is 25.7 Å². The van der Waals surface area contributed by atoms with E-state index < -0.39 is 0 Å². The van der Waals surface area contributed by atoms with Crippen LogP contribution >= 0.6 is 0 Å². The van der Waals surface area contributed by atoms with Crippen LogP contribution in [0.3, 0.4) is 0 Å². The number of amides is 1. The summed E-state index contributed by atoms with van der Waals surface area (Å²) in [4.78, 5) is 17.1. The third-order valence-corrected chi connectivity index (χ3v) is 5.37. The fourth-order valence-corrected chi connectivity index (χ4v) is 3.73. The molecule has 3 aromatic heterocycles. The molecule has 0 atom stereocenters. The van der Waals surface area contributed by atoms with Gasteiger partial charge in [-0.25, -0.2) is 0 Å². The first-order valence-electron chi connectivity index (χ1n) is 10.4. The summed E-state index contributed by atoms with van der Waals surface area (Å²) >= 11 is 0. The molecular formula is C21H28N6O2. The maximum atomic E-state index is 12.6. The third-order valence-electron chi connectivity index (χ3n) is 5.37. The predicted molar refractivity (Wildman–Crippen MR) is 108 cm³/mol. The number of carbonyl (C=O) groups is 1. The zero-order chi connectivity index (χ0) is 20.4. The maximum absolute atomic E-state index is 12.6. The van der Waals surface area contributed by atoms with E-state index in [4.69, 9.17) is 4.52 Å². The number of rotatable bonds is 4. The minimum Gasteiger partial charge on any atom is -0.353 e. The van der Waals surface area contributed by atoms with Gasteiger partial charge in [0.05, 0.1) is 12.0 Å². The number of nitrogens with zero attached hydrogens (tertiary/aromatic N) is 5. The van der Waals surface area contributed by atoms with Gasteiger partial charge in [-0.15, -0.1) is 10.2 Å². The van der Waals surface area contributed by atoms with E-state index in [0.717, 1.165) is 12.8 Å². The van der Waals surface area contributed by atoms with Crippen molar-refractivity contribution in [3.63, 3.8) is 0 Å². The van der Waals surface area contributed by atoms with Crippen LogP contribution in [-0.4, -0.2) is 36.7 Å². The predicted octanol–water partition coefficient (Wildman–Crippen LogP) is 3.46. The Bertz CT molecular complexity index is 992. The van der Waals surface area contributed by atoms with Crippen LogP contribution in [0.1, 0.15) is 70.9 Å². The van der Waals surface area contributed by atoms with Gasteiger partial charge < -0.3 is 9.84 Å². The van der Waals surface area contributed by atoms with Crippen molar-refractivity contribution in [1.29, 1.82) is 0 Å². The van der Waals surface area contributed by atoms with E-state index in [2.05, 4.69) is 25.7 Å². The van der Waals surface area contributed by atoms with E-state index in [9.17, 15) is 4.79 Å². The molecule has 1 aliphatic carbocycles. The van der Waals surface area contributed by atoms with Crippen molar-refractivity contribution in [3.05, 3.63) is 30.0 Å². The van der Waals surface area contributed by atoms with Crippen LogP contribution in [0.15, 0.2) is 22.9 Å². The fourth-order valence-electron chi connectivity index (χ4n) is 3.73. The molecule has 1 aliphatic rings. The van der Waals surface area contributed by atoms with Crippen molar-refractivity contribution < 1.29 is 9.32 Å². The summed E-state index contributed by atoms with van der Waals surface area (Å²) in [6.45, 7) is 6.10. The lowest BCUT2D eigenvalue weighted by molar-refractivity contribution is -0.121. The molecule has 8 nitrogen and oxygen atoms in total. The molecule has 0 unspecified atom stereocenters. The average molecular weight is 396 g/mol. The van der Waals surface area contributed by atoms with Gasteiger partial charge in [-0.1, -0.05) is 51.6 Å². The Kier molecular flexibility index (Phi) is 5.34. The van der Waals surface area contributed by atoms with Crippen LogP contribution in [0.2, 0.25) is 0 Å². The van der Waals surface area contributed by atoms with Crippen molar-refractivity contribution >= 4 is 11.6 Å². The number of fused-ring (bicyclic) bond motifs is 1. The molecule has 3 heterocycles. The van der Waals surface area contributed by atoms with Gasteiger partial charge in [0.1, 0.15) is 5.82 Å². The topological polar surface area (TPSA) is 98.2 Å². The lowest BCUT2D eigenvalue weighted by Crippen LogP contribution is -2.35. The summed E-state index contributed by atoms with van der Waals surface area (Å²) in [5.74, 6) is 1.63. The van der Waals surface area contributed by atoms with Crippen LogP contribution in [0.4, 0.5) is 0 Å². The van der Waals surface area contributed by atoms with Crippen LogP contribution < -0.4 is 5.32 Å². The molecule has 0 saturated heterocycles. The molecule has 1 fully saturated rings. The van der Waals surface area contributed by atoms with Gasteiger partial charge in [-0.2, -0.15) is 4.98 Å². The van der Waals surface area contributed by atoms with E-state index in [0.29, 0.717) is 28.8 Å². The molecular weight excluding hydrogens is 368 g/mol. The van der Waals surface area contributed by atoms with Crippen molar-refractivity contribution in [2.45, 2.75) is 77.2 Å². The summed E-state index contributed by atoms with van der Waals surface area (Å²) in [5, 5.41) is 15.8. The van der Waals surface area contributed by atoms with Gasteiger partial charge in [0.25, 0.3) is 5.89 Å². The molecule has 0 radical (unpaired) electrons. The largest absolute Gasteiger partial charge is 0.353 e. The van der Waals surface area contributed by atoms with Gasteiger partial charge >= 0.3 is 0 Å². The summed E-state index contributed by atoms with van der Waals surface area (Å²) < 4.78 is 7.29. The Balaban J connectivity index is 1.54. The third kappa shape index (κ3) is 4.31. The highest BCUT2D eigenvalue weighted by atomic mass is 16.5. The summed E-state index contributed by atoms with van der Waals surface area (Å²) in [6.07, 6.45) is 9.05. The van der Waals surface area contributed by atoms with Crippen LogP contribution in [0.25, 0.3) is 17.1 Å². The van der Waals surface area contributed by atoms with Crippen molar-refractivity contribution in [1.82, 2.24) is 30.1 Å². The molecule has 29 heavy (non-hydrogen) atoms. The molecule has 1 N–H and O–H groups in total. The molecule has 0 spiro atoms. The van der Waals surface area contributed by atoms with Crippen LogP contribution in [0, 0.1) is 0 Å². The lowest BCUT2D eigenvalue weighted by Gasteiger charge is -2.15. The Hall–Kier alpha value is -2.77. The molecule has 3 aromatic rings. The van der Waals surface area contributed by atoms with Crippen molar-refractivity contribution in [2.24, 2.45) is 0 Å². The van der Waals surface area contributed by atoms with Gasteiger partial charge in [0.2, 0.25) is 5.91 Å². The highest BCUT2D eigenvalue weighted by molar-refractivity contribution is 5.79. The van der Waals surface area contributed by atoms with Crippen LogP contribution in [-0.2, 0) is 16.6 Å². The Morgan fingerprint density at radius 3 is 2.66 bits per heavy atom. The van der Waals surface area contributed by atoms with E-state index in [-0.39, 0.29) is 23.8 Å². The average Bonchev–Trinajstić information content (AvgIpc) is 3.24. The maximum Gasteiger partial charge on any atom is 0.261 e. The summed E-state index contributed by atoms with van der Waals surface area (Å²) in [7, 11) is 0. The van der Waals surface area contributed by atoms with E-state index >= 15 is 0 Å². The summed E-state index contributed by atoms with van der Waals surface area (Å²) in [5.41, 5.74) is 1.11. The second-order valence-electron chi connectivity index (χ2n) is 8.84. The van der Waals surface area contributed by atoms with Gasteiger partial charge in [-0.05, 0) is 25.0 Å². The number of aromatic nitrogens is 5. The Morgan fingerprint density at radius 1 is 1.21 bits per heavy atom. The fraction of sp³-hybridized carbons (Fsp3) is 0.571. The van der Waals surface area contributed by atoms with E-state index in [1.54, 1.807) is 0 Å². The van der Waals surface area contributed by atoms with E-state index in [1.807, 2.05) is 43.5 Å². The smallest absolute Gasteiger partial charge is 0.261 e. The molecule has 1 amide bonds. The van der Waals surface area contributed by atoms with Crippen molar-refractivity contribution in [3.8, 4) is 11.5 Å². The molecule has 0 bridgehead atoms. The first-order chi connectivity index (χ1) is 13.9. The minimum atomic E-state index is -0.207. The number of hydrogen-bond donors (Lipinski definition) is 1. The van der Waals surface area contributed by atoms with Crippen LogP contribution in [0.5, 0.6) is 0 Å². The first kappa shape index (κ1) is 19.5. The highest BCUT2D eigenvalue weighted by Gasteiger charge is 2.23. The number of pyridine rings is 1. The number of hydrogen-bond acceptors (Lipinski definition) is 6. The highest BCUT2D eigenvalue weighted by Crippen LogP contribution is 2.26. The zero-order valence-corrected chi connectivity index (χ0v) is 17.3.